The Morgan fingerprint density at radius 3 is 2.74 bits per heavy atom. The van der Waals surface area contributed by atoms with Crippen LogP contribution in [0, 0.1) is 6.92 Å². The van der Waals surface area contributed by atoms with E-state index in [1.165, 1.54) is 18.2 Å². The Morgan fingerprint density at radius 2 is 2.03 bits per heavy atom. The molecule has 2 N–H and O–H groups in total. The van der Waals surface area contributed by atoms with Gasteiger partial charge in [0.25, 0.3) is 5.91 Å². The number of furan rings is 1. The Morgan fingerprint density at radius 1 is 1.26 bits per heavy atom. The van der Waals surface area contributed by atoms with Gasteiger partial charge >= 0.3 is 6.18 Å². The van der Waals surface area contributed by atoms with Crippen molar-refractivity contribution in [3.8, 4) is 5.75 Å². The minimum atomic E-state index is -4.48. The third kappa shape index (κ3) is 4.21. The summed E-state index contributed by atoms with van der Waals surface area (Å²) in [5.74, 6) is -0.0487. The number of hydrogen-bond donors (Lipinski definition) is 2. The van der Waals surface area contributed by atoms with Gasteiger partial charge in [-0.2, -0.15) is 13.2 Å². The Bertz CT molecular complexity index is 1150. The van der Waals surface area contributed by atoms with Gasteiger partial charge in [-0.3, -0.25) is 9.59 Å². The number of carbonyl (C=O) groups excluding carboxylic acids is 2. The molecule has 0 radical (unpaired) electrons. The van der Waals surface area contributed by atoms with Gasteiger partial charge in [-0.1, -0.05) is 18.2 Å². The quantitative estimate of drug-likeness (QED) is 0.640. The molecule has 2 heterocycles. The zero-order valence-corrected chi connectivity index (χ0v) is 16.5. The van der Waals surface area contributed by atoms with E-state index in [1.807, 2.05) is 0 Å². The number of rotatable bonds is 5. The van der Waals surface area contributed by atoms with Crippen LogP contribution < -0.4 is 15.4 Å². The number of hydrogen-bond acceptors (Lipinski definition) is 4. The highest BCUT2D eigenvalue weighted by Gasteiger charge is 2.33. The monoisotopic (exact) mass is 432 g/mol. The van der Waals surface area contributed by atoms with E-state index in [0.717, 1.165) is 6.07 Å². The first-order chi connectivity index (χ1) is 14.7. The third-order valence-electron chi connectivity index (χ3n) is 5.13. The van der Waals surface area contributed by atoms with Crippen LogP contribution in [0.5, 0.6) is 5.75 Å². The van der Waals surface area contributed by atoms with E-state index in [4.69, 9.17) is 9.15 Å². The number of fused-ring (bicyclic) bond motifs is 1. The van der Waals surface area contributed by atoms with Crippen molar-refractivity contribution in [2.75, 3.05) is 6.54 Å². The van der Waals surface area contributed by atoms with Crippen molar-refractivity contribution >= 4 is 22.8 Å². The van der Waals surface area contributed by atoms with Crippen molar-refractivity contribution in [2.24, 2.45) is 0 Å². The molecule has 1 saturated heterocycles. The summed E-state index contributed by atoms with van der Waals surface area (Å²) >= 11 is 0. The Hall–Kier alpha value is -3.49. The highest BCUT2D eigenvalue weighted by molar-refractivity contribution is 6.08. The smallest absolute Gasteiger partial charge is 0.416 e. The van der Waals surface area contributed by atoms with Gasteiger partial charge in [0.05, 0.1) is 11.1 Å². The molecule has 4 rings (SSSR count). The van der Waals surface area contributed by atoms with Crippen LogP contribution >= 0.6 is 0 Å². The zero-order valence-electron chi connectivity index (χ0n) is 16.5. The third-order valence-corrected chi connectivity index (χ3v) is 5.13. The lowest BCUT2D eigenvalue weighted by Gasteiger charge is -2.13. The summed E-state index contributed by atoms with van der Waals surface area (Å²) in [5.41, 5.74) is -0.0637. The Balaban J connectivity index is 1.58. The first kappa shape index (κ1) is 20.8. The Labute approximate surface area is 175 Å². The summed E-state index contributed by atoms with van der Waals surface area (Å²) in [6.45, 7) is 1.83. The fourth-order valence-electron chi connectivity index (χ4n) is 3.62. The van der Waals surface area contributed by atoms with Gasteiger partial charge < -0.3 is 19.8 Å². The van der Waals surface area contributed by atoms with E-state index >= 15 is 0 Å². The number of carbonyl (C=O) groups is 2. The van der Waals surface area contributed by atoms with Crippen molar-refractivity contribution < 1.29 is 31.9 Å². The fraction of sp³-hybridized carbons (Fsp3) is 0.273. The summed E-state index contributed by atoms with van der Waals surface area (Å²) in [4.78, 5) is 24.5. The molecule has 162 valence electrons. The van der Waals surface area contributed by atoms with Crippen LogP contribution in [0.25, 0.3) is 11.0 Å². The number of aryl methyl sites for hydroxylation is 1. The van der Waals surface area contributed by atoms with Gasteiger partial charge in [-0.15, -0.1) is 0 Å². The number of amides is 2. The van der Waals surface area contributed by atoms with Gasteiger partial charge in [0.15, 0.2) is 0 Å². The van der Waals surface area contributed by atoms with Crippen LogP contribution in [0.2, 0.25) is 0 Å². The molecule has 2 amide bonds. The summed E-state index contributed by atoms with van der Waals surface area (Å²) in [6, 6.07) is 9.28. The molecule has 0 bridgehead atoms. The molecule has 0 spiro atoms. The van der Waals surface area contributed by atoms with E-state index in [1.54, 1.807) is 25.1 Å². The van der Waals surface area contributed by atoms with E-state index in [0.29, 0.717) is 29.7 Å². The van der Waals surface area contributed by atoms with Gasteiger partial charge in [0, 0.05) is 17.5 Å². The highest BCUT2D eigenvalue weighted by atomic mass is 19.4. The maximum absolute atomic E-state index is 13.2. The molecule has 1 fully saturated rings. The minimum absolute atomic E-state index is 0.00341. The molecule has 1 atom stereocenters. The summed E-state index contributed by atoms with van der Waals surface area (Å²) < 4.78 is 50.8. The molecule has 31 heavy (non-hydrogen) atoms. The second-order valence-electron chi connectivity index (χ2n) is 7.24. The molecule has 2 aromatic carbocycles. The molecular formula is C22H19F3N2O4. The molecular weight excluding hydrogens is 413 g/mol. The maximum atomic E-state index is 13.2. The van der Waals surface area contributed by atoms with Crippen LogP contribution in [0.3, 0.4) is 0 Å². The SMILES string of the molecule is Cc1oc2ccc(OCc3ccccc3C(F)(F)F)cc2c1C(=O)NC1CCNC1=O. The first-order valence-electron chi connectivity index (χ1n) is 9.63. The topological polar surface area (TPSA) is 80.6 Å². The maximum Gasteiger partial charge on any atom is 0.416 e. The van der Waals surface area contributed by atoms with Crippen molar-refractivity contribution in [3.63, 3.8) is 0 Å². The molecule has 1 aliphatic rings. The van der Waals surface area contributed by atoms with Crippen molar-refractivity contribution in [1.29, 1.82) is 0 Å². The van der Waals surface area contributed by atoms with Crippen LogP contribution in [0.1, 0.15) is 33.7 Å². The summed E-state index contributed by atoms with van der Waals surface area (Å²) in [5, 5.41) is 5.79. The lowest BCUT2D eigenvalue weighted by molar-refractivity contribution is -0.138. The first-order valence-corrected chi connectivity index (χ1v) is 9.63. The normalized spacial score (nSPS) is 16.4. The predicted molar refractivity (Wildman–Crippen MR) is 106 cm³/mol. The van der Waals surface area contributed by atoms with Gasteiger partial charge in [-0.25, -0.2) is 0 Å². The number of ether oxygens (including phenoxy) is 1. The second kappa shape index (κ2) is 7.98. The average Bonchev–Trinajstić information content (AvgIpc) is 3.27. The van der Waals surface area contributed by atoms with E-state index < -0.39 is 23.7 Å². The number of benzene rings is 2. The van der Waals surface area contributed by atoms with Crippen molar-refractivity contribution in [2.45, 2.75) is 32.2 Å². The molecule has 1 aliphatic heterocycles. The molecule has 1 unspecified atom stereocenters. The summed E-state index contributed by atoms with van der Waals surface area (Å²) in [6.07, 6.45) is -3.99. The van der Waals surface area contributed by atoms with E-state index in [-0.39, 0.29) is 29.4 Å². The zero-order chi connectivity index (χ0) is 22.2. The van der Waals surface area contributed by atoms with Crippen LogP contribution in [0.4, 0.5) is 13.2 Å². The minimum Gasteiger partial charge on any atom is -0.489 e. The van der Waals surface area contributed by atoms with Crippen molar-refractivity contribution in [3.05, 3.63) is 64.9 Å². The standard InChI is InChI=1S/C22H19F3N2O4/c1-12-19(21(29)27-17-8-9-26-20(17)28)15-10-14(6-7-18(15)31-12)30-11-13-4-2-3-5-16(13)22(23,24)25/h2-7,10,17H,8-9,11H2,1H3,(H,26,28)(H,27,29). The Kier molecular flexibility index (Phi) is 5.34. The average molecular weight is 432 g/mol. The van der Waals surface area contributed by atoms with Gasteiger partial charge in [0.1, 0.15) is 29.7 Å². The molecule has 3 aromatic rings. The number of alkyl halides is 3. The van der Waals surface area contributed by atoms with Crippen LogP contribution in [0.15, 0.2) is 46.9 Å². The molecule has 1 aromatic heterocycles. The fourth-order valence-corrected chi connectivity index (χ4v) is 3.62. The molecule has 6 nitrogen and oxygen atoms in total. The highest BCUT2D eigenvalue weighted by Crippen LogP contribution is 2.33. The molecule has 9 heteroatoms. The second-order valence-corrected chi connectivity index (χ2v) is 7.24. The lowest BCUT2D eigenvalue weighted by atomic mass is 10.1. The molecule has 0 saturated carbocycles. The largest absolute Gasteiger partial charge is 0.489 e. The van der Waals surface area contributed by atoms with E-state index in [2.05, 4.69) is 10.6 Å². The number of halogens is 3. The predicted octanol–water partition coefficient (Wildman–Crippen LogP) is 3.96. The van der Waals surface area contributed by atoms with E-state index in [9.17, 15) is 22.8 Å². The number of nitrogens with one attached hydrogen (secondary N) is 2. The van der Waals surface area contributed by atoms with Crippen molar-refractivity contribution in [1.82, 2.24) is 10.6 Å². The van der Waals surface area contributed by atoms with Gasteiger partial charge in [0.2, 0.25) is 5.91 Å². The summed E-state index contributed by atoms with van der Waals surface area (Å²) in [7, 11) is 0. The molecule has 0 aliphatic carbocycles. The lowest BCUT2D eigenvalue weighted by Crippen LogP contribution is -2.40. The van der Waals surface area contributed by atoms with Crippen LogP contribution in [-0.4, -0.2) is 24.4 Å². The van der Waals surface area contributed by atoms with Gasteiger partial charge in [-0.05, 0) is 37.6 Å². The van der Waals surface area contributed by atoms with Crippen LogP contribution in [-0.2, 0) is 17.6 Å².